The average Bonchev–Trinajstić information content (AvgIpc) is 2.38. The van der Waals surface area contributed by atoms with Crippen molar-refractivity contribution >= 4 is 5.91 Å². The van der Waals surface area contributed by atoms with Gasteiger partial charge in [0.25, 0.3) is 0 Å². The van der Waals surface area contributed by atoms with Gasteiger partial charge in [0, 0.05) is 19.5 Å². The molecule has 17 heavy (non-hydrogen) atoms. The van der Waals surface area contributed by atoms with Crippen LogP contribution in [0.5, 0.6) is 5.75 Å². The Morgan fingerprint density at radius 2 is 2.00 bits per heavy atom. The molecule has 0 aromatic heterocycles. The van der Waals surface area contributed by atoms with Crippen molar-refractivity contribution < 1.29 is 9.53 Å². The van der Waals surface area contributed by atoms with Gasteiger partial charge in [-0.25, -0.2) is 0 Å². The van der Waals surface area contributed by atoms with Crippen LogP contribution in [-0.2, 0) is 11.2 Å². The summed E-state index contributed by atoms with van der Waals surface area (Å²) in [5.41, 5.74) is 1.14. The van der Waals surface area contributed by atoms with Crippen LogP contribution >= 0.6 is 0 Å². The quantitative estimate of drug-likeness (QED) is 0.758. The highest BCUT2D eigenvalue weighted by Crippen LogP contribution is 2.14. The number of carbonyl (C=O) groups excluding carboxylic acids is 1. The Hall–Kier alpha value is -1.51. The number of carbonyl (C=O) groups is 1. The highest BCUT2D eigenvalue weighted by Gasteiger charge is 2.09. The molecule has 0 bridgehead atoms. The first-order chi connectivity index (χ1) is 8.21. The van der Waals surface area contributed by atoms with Crippen molar-refractivity contribution in [2.75, 3.05) is 20.2 Å². The average molecular weight is 235 g/mol. The second-order valence-electron chi connectivity index (χ2n) is 3.92. The van der Waals surface area contributed by atoms with Gasteiger partial charge in [-0.3, -0.25) is 4.79 Å². The first-order valence-electron chi connectivity index (χ1n) is 6.12. The molecule has 0 heterocycles. The lowest BCUT2D eigenvalue weighted by Gasteiger charge is -2.18. The Balaban J connectivity index is 2.52. The molecule has 0 fully saturated rings. The maximum Gasteiger partial charge on any atom is 0.222 e. The van der Waals surface area contributed by atoms with Crippen molar-refractivity contribution in [3.05, 3.63) is 29.8 Å². The van der Waals surface area contributed by atoms with Crippen molar-refractivity contribution in [3.8, 4) is 5.75 Å². The lowest BCUT2D eigenvalue weighted by Crippen LogP contribution is -2.30. The van der Waals surface area contributed by atoms with Gasteiger partial charge >= 0.3 is 0 Å². The molecule has 3 nitrogen and oxygen atoms in total. The zero-order valence-electron chi connectivity index (χ0n) is 10.9. The summed E-state index contributed by atoms with van der Waals surface area (Å²) in [6.45, 7) is 5.58. The van der Waals surface area contributed by atoms with Crippen molar-refractivity contribution in [2.45, 2.75) is 26.7 Å². The summed E-state index contributed by atoms with van der Waals surface area (Å²) in [6.07, 6.45) is 1.33. The molecule has 0 spiro atoms. The van der Waals surface area contributed by atoms with Crippen LogP contribution in [0.4, 0.5) is 0 Å². The van der Waals surface area contributed by atoms with Gasteiger partial charge in [-0.05, 0) is 38.0 Å². The van der Waals surface area contributed by atoms with E-state index in [0.29, 0.717) is 6.42 Å². The summed E-state index contributed by atoms with van der Waals surface area (Å²) in [6, 6.07) is 7.87. The van der Waals surface area contributed by atoms with Gasteiger partial charge in [0.1, 0.15) is 5.75 Å². The van der Waals surface area contributed by atoms with E-state index in [1.165, 1.54) is 0 Å². The summed E-state index contributed by atoms with van der Waals surface area (Å²) >= 11 is 0. The minimum absolute atomic E-state index is 0.220. The van der Waals surface area contributed by atoms with Gasteiger partial charge in [0.05, 0.1) is 7.11 Å². The minimum atomic E-state index is 0.220. The lowest BCUT2D eigenvalue weighted by molar-refractivity contribution is -0.130. The zero-order chi connectivity index (χ0) is 12.7. The Kier molecular flexibility index (Phi) is 5.53. The Bertz CT molecular complexity index is 359. The Labute approximate surface area is 103 Å². The van der Waals surface area contributed by atoms with Gasteiger partial charge in [0.15, 0.2) is 0 Å². The molecule has 0 radical (unpaired) electrons. The largest absolute Gasteiger partial charge is 0.497 e. The van der Waals surface area contributed by atoms with Crippen molar-refractivity contribution in [3.63, 3.8) is 0 Å². The molecule has 94 valence electrons. The van der Waals surface area contributed by atoms with E-state index >= 15 is 0 Å². The third-order valence-corrected chi connectivity index (χ3v) is 2.88. The van der Waals surface area contributed by atoms with Crippen LogP contribution < -0.4 is 4.74 Å². The number of hydrogen-bond donors (Lipinski definition) is 0. The second kappa shape index (κ2) is 6.94. The zero-order valence-corrected chi connectivity index (χ0v) is 10.9. The van der Waals surface area contributed by atoms with Gasteiger partial charge in [0.2, 0.25) is 5.91 Å². The highest BCUT2D eigenvalue weighted by atomic mass is 16.5. The molecule has 0 atom stereocenters. The molecule has 0 aliphatic rings. The van der Waals surface area contributed by atoms with E-state index < -0.39 is 0 Å². The minimum Gasteiger partial charge on any atom is -0.497 e. The number of rotatable bonds is 6. The molecule has 1 amide bonds. The van der Waals surface area contributed by atoms with E-state index in [-0.39, 0.29) is 5.91 Å². The summed E-state index contributed by atoms with van der Waals surface area (Å²) < 4.78 is 5.16. The molecular formula is C14H21NO2. The van der Waals surface area contributed by atoms with E-state index in [4.69, 9.17) is 4.74 Å². The number of ether oxygens (including phenoxy) is 1. The molecule has 1 aromatic carbocycles. The summed E-state index contributed by atoms with van der Waals surface area (Å²) in [7, 11) is 1.65. The maximum absolute atomic E-state index is 11.8. The Morgan fingerprint density at radius 1 is 1.29 bits per heavy atom. The number of nitrogens with zero attached hydrogens (tertiary/aromatic N) is 1. The molecule has 0 unspecified atom stereocenters. The van der Waals surface area contributed by atoms with Crippen LogP contribution in [0.1, 0.15) is 25.8 Å². The van der Waals surface area contributed by atoms with Crippen molar-refractivity contribution in [2.24, 2.45) is 0 Å². The van der Waals surface area contributed by atoms with Crippen LogP contribution in [0.2, 0.25) is 0 Å². The molecule has 3 heteroatoms. The van der Waals surface area contributed by atoms with Gasteiger partial charge in [-0.15, -0.1) is 0 Å². The molecule has 0 aliphatic heterocycles. The summed E-state index contributed by atoms with van der Waals surface area (Å²) in [5, 5.41) is 0. The molecule has 1 aromatic rings. The van der Waals surface area contributed by atoms with Gasteiger partial charge < -0.3 is 9.64 Å². The third kappa shape index (κ3) is 4.10. The van der Waals surface area contributed by atoms with E-state index in [2.05, 4.69) is 0 Å². The molecular weight excluding hydrogens is 214 g/mol. The van der Waals surface area contributed by atoms with Gasteiger partial charge in [-0.2, -0.15) is 0 Å². The number of benzene rings is 1. The fourth-order valence-corrected chi connectivity index (χ4v) is 1.81. The standard InChI is InChI=1S/C14H21NO2/c1-4-15(5-2)14(16)10-9-12-7-6-8-13(11-12)17-3/h6-8,11H,4-5,9-10H2,1-3H3. The normalized spacial score (nSPS) is 10.1. The van der Waals surface area contributed by atoms with Crippen LogP contribution in [0, 0.1) is 0 Å². The smallest absolute Gasteiger partial charge is 0.222 e. The Morgan fingerprint density at radius 3 is 2.59 bits per heavy atom. The predicted octanol–water partition coefficient (Wildman–Crippen LogP) is 2.50. The topological polar surface area (TPSA) is 29.5 Å². The maximum atomic E-state index is 11.8. The third-order valence-electron chi connectivity index (χ3n) is 2.88. The molecule has 0 saturated carbocycles. The van der Waals surface area contributed by atoms with Crippen LogP contribution in [0.25, 0.3) is 0 Å². The molecule has 0 N–H and O–H groups in total. The second-order valence-corrected chi connectivity index (χ2v) is 3.92. The summed E-state index contributed by atoms with van der Waals surface area (Å²) in [4.78, 5) is 13.7. The first-order valence-corrected chi connectivity index (χ1v) is 6.12. The molecule has 0 aliphatic carbocycles. The van der Waals surface area contributed by atoms with Crippen molar-refractivity contribution in [1.29, 1.82) is 0 Å². The van der Waals surface area contributed by atoms with E-state index in [1.807, 2.05) is 43.0 Å². The number of methoxy groups -OCH3 is 1. The number of aryl methyl sites for hydroxylation is 1. The van der Waals surface area contributed by atoms with Crippen LogP contribution in [-0.4, -0.2) is 31.0 Å². The SMILES string of the molecule is CCN(CC)C(=O)CCc1cccc(OC)c1. The molecule has 0 saturated heterocycles. The number of amides is 1. The van der Waals surface area contributed by atoms with Crippen molar-refractivity contribution in [1.82, 2.24) is 4.90 Å². The monoisotopic (exact) mass is 235 g/mol. The predicted molar refractivity (Wildman–Crippen MR) is 69.2 cm³/mol. The van der Waals surface area contributed by atoms with E-state index in [9.17, 15) is 4.79 Å². The first kappa shape index (κ1) is 13.6. The van der Waals surface area contributed by atoms with Crippen LogP contribution in [0.3, 0.4) is 0 Å². The number of hydrogen-bond acceptors (Lipinski definition) is 2. The molecule has 1 rings (SSSR count). The fraction of sp³-hybridized carbons (Fsp3) is 0.500. The highest BCUT2D eigenvalue weighted by molar-refractivity contribution is 5.76. The summed E-state index contributed by atoms with van der Waals surface area (Å²) in [5.74, 6) is 1.07. The van der Waals surface area contributed by atoms with Crippen LogP contribution in [0.15, 0.2) is 24.3 Å². The fourth-order valence-electron chi connectivity index (χ4n) is 1.81. The van der Waals surface area contributed by atoms with E-state index in [1.54, 1.807) is 7.11 Å². The van der Waals surface area contributed by atoms with E-state index in [0.717, 1.165) is 30.8 Å². The lowest BCUT2D eigenvalue weighted by atomic mass is 10.1. The van der Waals surface area contributed by atoms with Gasteiger partial charge in [-0.1, -0.05) is 12.1 Å².